The predicted octanol–water partition coefficient (Wildman–Crippen LogP) is 5.54. The van der Waals surface area contributed by atoms with Gasteiger partial charge in [0.1, 0.15) is 11.3 Å². The Balaban J connectivity index is 1.48. The molecule has 2 aromatic heterocycles. The van der Waals surface area contributed by atoms with Crippen LogP contribution in [0.15, 0.2) is 95.9 Å². The first-order chi connectivity index (χ1) is 15.6. The fraction of sp³-hybridized carbons (Fsp3) is 0. The molecular weight excluding hydrogens is 472 g/mol. The molecule has 4 rings (SSSR count). The molecule has 0 spiro atoms. The molecule has 0 radical (unpaired) electrons. The third kappa shape index (κ3) is 5.35. The zero-order chi connectivity index (χ0) is 22.3. The van der Waals surface area contributed by atoms with E-state index in [0.29, 0.717) is 22.7 Å². The van der Waals surface area contributed by atoms with E-state index < -0.39 is 0 Å². The minimum atomic E-state index is -0.388. The molecule has 0 fully saturated rings. The second-order valence-corrected chi connectivity index (χ2v) is 7.56. The van der Waals surface area contributed by atoms with Crippen LogP contribution in [-0.2, 0) is 0 Å². The van der Waals surface area contributed by atoms with Gasteiger partial charge in [-0.2, -0.15) is 0 Å². The maximum Gasteiger partial charge on any atom is 0.261 e. The summed E-state index contributed by atoms with van der Waals surface area (Å²) in [5, 5.41) is 5.61. The zero-order valence-electron chi connectivity index (χ0n) is 16.7. The van der Waals surface area contributed by atoms with Gasteiger partial charge in [-0.1, -0.05) is 22.0 Å². The average molecular weight is 489 g/mol. The van der Waals surface area contributed by atoms with Crippen LogP contribution in [0.5, 0.6) is 11.6 Å². The Morgan fingerprint density at radius 1 is 0.812 bits per heavy atom. The van der Waals surface area contributed by atoms with Crippen LogP contribution in [0.2, 0.25) is 0 Å². The van der Waals surface area contributed by atoms with E-state index in [-0.39, 0.29) is 23.3 Å². The van der Waals surface area contributed by atoms with Crippen molar-refractivity contribution in [1.29, 1.82) is 0 Å². The van der Waals surface area contributed by atoms with Crippen LogP contribution in [0.4, 0.5) is 11.4 Å². The first-order valence-electron chi connectivity index (χ1n) is 9.60. The molecule has 0 bridgehead atoms. The lowest BCUT2D eigenvalue weighted by Crippen LogP contribution is -2.15. The number of hydrogen-bond donors (Lipinski definition) is 2. The summed E-state index contributed by atoms with van der Waals surface area (Å²) in [5.74, 6) is 0.0642. The van der Waals surface area contributed by atoms with Gasteiger partial charge in [-0.3, -0.25) is 14.6 Å². The summed E-state index contributed by atoms with van der Waals surface area (Å²) in [6.07, 6.45) is 4.63. The molecule has 0 unspecified atom stereocenters. The summed E-state index contributed by atoms with van der Waals surface area (Å²) in [5.41, 5.74) is 1.76. The molecule has 0 aliphatic rings. The highest BCUT2D eigenvalue weighted by Crippen LogP contribution is 2.25. The topological polar surface area (TPSA) is 93.2 Å². The minimum Gasteiger partial charge on any atom is -0.438 e. The van der Waals surface area contributed by atoms with E-state index in [1.54, 1.807) is 73.1 Å². The average Bonchev–Trinajstić information content (AvgIpc) is 2.82. The van der Waals surface area contributed by atoms with Crippen LogP contribution in [0.3, 0.4) is 0 Å². The molecule has 0 saturated carbocycles. The first kappa shape index (κ1) is 21.2. The zero-order valence-corrected chi connectivity index (χ0v) is 18.2. The maximum atomic E-state index is 12.9. The van der Waals surface area contributed by atoms with Crippen LogP contribution in [-0.4, -0.2) is 21.8 Å². The number of rotatable bonds is 6. The summed E-state index contributed by atoms with van der Waals surface area (Å²) in [4.78, 5) is 33.4. The van der Waals surface area contributed by atoms with Gasteiger partial charge in [-0.25, -0.2) is 4.98 Å². The van der Waals surface area contributed by atoms with Gasteiger partial charge < -0.3 is 15.4 Å². The number of nitrogens with one attached hydrogen (secondary N) is 2. The van der Waals surface area contributed by atoms with Gasteiger partial charge in [0, 0.05) is 34.4 Å². The van der Waals surface area contributed by atoms with Crippen molar-refractivity contribution in [3.8, 4) is 11.6 Å². The summed E-state index contributed by atoms with van der Waals surface area (Å²) >= 11 is 3.37. The molecule has 8 heteroatoms. The van der Waals surface area contributed by atoms with Crippen LogP contribution in [0.1, 0.15) is 20.7 Å². The van der Waals surface area contributed by atoms with Gasteiger partial charge in [0.05, 0.1) is 5.56 Å². The first-order valence-corrected chi connectivity index (χ1v) is 10.4. The molecule has 7 nitrogen and oxygen atoms in total. The van der Waals surface area contributed by atoms with Crippen molar-refractivity contribution in [1.82, 2.24) is 9.97 Å². The molecule has 0 saturated heterocycles. The van der Waals surface area contributed by atoms with Crippen molar-refractivity contribution in [3.05, 3.63) is 107 Å². The number of amides is 2. The normalized spacial score (nSPS) is 10.3. The molecule has 2 N–H and O–H groups in total. The summed E-state index contributed by atoms with van der Waals surface area (Å²) in [7, 11) is 0. The molecule has 158 valence electrons. The lowest BCUT2D eigenvalue weighted by Gasteiger charge is -2.11. The number of anilines is 2. The van der Waals surface area contributed by atoms with E-state index >= 15 is 0 Å². The Morgan fingerprint density at radius 3 is 2.25 bits per heavy atom. The number of carbonyl (C=O) groups is 2. The van der Waals surface area contributed by atoms with Crippen LogP contribution < -0.4 is 15.4 Å². The van der Waals surface area contributed by atoms with Crippen LogP contribution in [0, 0.1) is 0 Å². The Morgan fingerprint density at radius 2 is 1.53 bits per heavy atom. The smallest absolute Gasteiger partial charge is 0.261 e. The summed E-state index contributed by atoms with van der Waals surface area (Å²) in [6.45, 7) is 0. The van der Waals surface area contributed by atoms with Crippen LogP contribution in [0.25, 0.3) is 0 Å². The molecule has 0 aliphatic carbocycles. The number of nitrogens with zero attached hydrogens (tertiary/aromatic N) is 2. The van der Waals surface area contributed by atoms with E-state index in [1.165, 1.54) is 6.20 Å². The Labute approximate surface area is 192 Å². The highest BCUT2D eigenvalue weighted by Gasteiger charge is 2.15. The largest absolute Gasteiger partial charge is 0.438 e. The lowest BCUT2D eigenvalue weighted by atomic mass is 10.2. The standard InChI is InChI=1S/C24H17BrN4O3/c25-17-8-10-20(11-9-17)32-24-21(7-3-13-27-24)23(31)29-19-6-1-5-18(14-19)28-22(30)16-4-2-12-26-15-16/h1-15H,(H,28,30)(H,29,31). The quantitative estimate of drug-likeness (QED) is 0.371. The molecule has 2 aromatic carbocycles. The van der Waals surface area contributed by atoms with Gasteiger partial charge in [0.2, 0.25) is 5.88 Å². The van der Waals surface area contributed by atoms with Crippen molar-refractivity contribution in [2.24, 2.45) is 0 Å². The molecule has 32 heavy (non-hydrogen) atoms. The fourth-order valence-corrected chi connectivity index (χ4v) is 3.10. The van der Waals surface area contributed by atoms with Crippen molar-refractivity contribution in [2.75, 3.05) is 10.6 Å². The number of ether oxygens (including phenoxy) is 1. The van der Waals surface area contributed by atoms with Gasteiger partial charge >= 0.3 is 0 Å². The van der Waals surface area contributed by atoms with E-state index in [2.05, 4.69) is 36.5 Å². The predicted molar refractivity (Wildman–Crippen MR) is 125 cm³/mol. The molecule has 4 aromatic rings. The van der Waals surface area contributed by atoms with E-state index in [0.717, 1.165) is 4.47 Å². The number of carbonyl (C=O) groups excluding carboxylic acids is 2. The van der Waals surface area contributed by atoms with Crippen LogP contribution >= 0.6 is 15.9 Å². The lowest BCUT2D eigenvalue weighted by molar-refractivity contribution is 0.101. The molecule has 0 aliphatic heterocycles. The molecule has 2 heterocycles. The second kappa shape index (κ2) is 9.84. The number of aromatic nitrogens is 2. The van der Waals surface area contributed by atoms with Gasteiger partial charge in [-0.15, -0.1) is 0 Å². The second-order valence-electron chi connectivity index (χ2n) is 6.64. The van der Waals surface area contributed by atoms with E-state index in [9.17, 15) is 9.59 Å². The summed E-state index contributed by atoms with van der Waals surface area (Å²) < 4.78 is 6.71. The van der Waals surface area contributed by atoms with Gasteiger partial charge in [-0.05, 0) is 66.7 Å². The third-order valence-corrected chi connectivity index (χ3v) is 4.87. The third-order valence-electron chi connectivity index (χ3n) is 4.35. The Kier molecular flexibility index (Phi) is 6.52. The Bertz CT molecular complexity index is 1250. The van der Waals surface area contributed by atoms with Gasteiger partial charge in [0.15, 0.2) is 0 Å². The SMILES string of the molecule is O=C(Nc1cccc(NC(=O)c2cccnc2Oc2ccc(Br)cc2)c1)c1cccnc1. The summed E-state index contributed by atoms with van der Waals surface area (Å²) in [6, 6.07) is 20.7. The number of halogens is 1. The van der Waals surface area contributed by atoms with Crippen molar-refractivity contribution in [2.45, 2.75) is 0 Å². The van der Waals surface area contributed by atoms with E-state index in [4.69, 9.17) is 4.74 Å². The molecule has 0 atom stereocenters. The van der Waals surface area contributed by atoms with E-state index in [1.807, 2.05) is 12.1 Å². The van der Waals surface area contributed by atoms with Crippen molar-refractivity contribution < 1.29 is 14.3 Å². The highest BCUT2D eigenvalue weighted by atomic mass is 79.9. The number of pyridine rings is 2. The molecule has 2 amide bonds. The maximum absolute atomic E-state index is 12.9. The van der Waals surface area contributed by atoms with Crippen molar-refractivity contribution in [3.63, 3.8) is 0 Å². The monoisotopic (exact) mass is 488 g/mol. The Hall–Kier alpha value is -4.04. The number of benzene rings is 2. The number of hydrogen-bond acceptors (Lipinski definition) is 5. The highest BCUT2D eigenvalue weighted by molar-refractivity contribution is 9.10. The fourth-order valence-electron chi connectivity index (χ4n) is 2.83. The van der Waals surface area contributed by atoms with Crippen molar-refractivity contribution >= 4 is 39.1 Å². The minimum absolute atomic E-state index is 0.188. The van der Waals surface area contributed by atoms with Gasteiger partial charge in [0.25, 0.3) is 11.8 Å². The molecular formula is C24H17BrN4O3.